The first-order valence-corrected chi connectivity index (χ1v) is 12.6. The van der Waals surface area contributed by atoms with Crippen LogP contribution in [0.2, 0.25) is 0 Å². The molecule has 6 rings (SSSR count). The minimum atomic E-state index is -0.483. The molecule has 0 unspecified atom stereocenters. The lowest BCUT2D eigenvalue weighted by atomic mass is 10.0. The zero-order valence-electron chi connectivity index (χ0n) is 21.8. The zero-order chi connectivity index (χ0) is 27.4. The van der Waals surface area contributed by atoms with Gasteiger partial charge in [-0.1, -0.05) is 12.1 Å². The van der Waals surface area contributed by atoms with Crippen molar-refractivity contribution >= 4 is 33.6 Å². The molecule has 0 bridgehead atoms. The molecule has 0 radical (unpaired) electrons. The maximum absolute atomic E-state index is 15.1. The highest BCUT2D eigenvalue weighted by molar-refractivity contribution is 5.89. The molecular weight excluding hydrogens is 502 g/mol. The molecule has 39 heavy (non-hydrogen) atoms. The van der Waals surface area contributed by atoms with E-state index in [4.69, 9.17) is 5.10 Å². The van der Waals surface area contributed by atoms with E-state index in [9.17, 15) is 14.4 Å². The fourth-order valence-corrected chi connectivity index (χ4v) is 5.33. The zero-order valence-corrected chi connectivity index (χ0v) is 21.8. The van der Waals surface area contributed by atoms with Gasteiger partial charge >= 0.3 is 0 Å². The molecule has 3 aromatic heterocycles. The number of allylic oxidation sites excluding steroid dienone is 2. The highest BCUT2D eigenvalue weighted by atomic mass is 19.1. The Hall–Kier alpha value is -4.72. The molecule has 0 saturated carbocycles. The third kappa shape index (κ3) is 4.09. The maximum atomic E-state index is 15.1. The number of fused-ring (bicyclic) bond motifs is 4. The monoisotopic (exact) mass is 528 g/mol. The van der Waals surface area contributed by atoms with Crippen molar-refractivity contribution in [1.29, 1.82) is 5.26 Å². The van der Waals surface area contributed by atoms with E-state index < -0.39 is 5.82 Å². The summed E-state index contributed by atoms with van der Waals surface area (Å²) in [5.74, 6) is -0.884. The van der Waals surface area contributed by atoms with Crippen LogP contribution in [0.25, 0.3) is 22.0 Å². The molecule has 11 heteroatoms. The molecule has 5 heterocycles. The number of likely N-dealkylation sites (N-methyl/N-ethyl adjacent to an activating group) is 1. The van der Waals surface area contributed by atoms with Crippen molar-refractivity contribution in [3.05, 3.63) is 77.4 Å². The third-order valence-electron chi connectivity index (χ3n) is 7.33. The highest BCUT2D eigenvalue weighted by Gasteiger charge is 2.28. The largest absolute Gasteiger partial charge is 0.362 e. The van der Waals surface area contributed by atoms with E-state index in [1.807, 2.05) is 29.8 Å². The molecule has 2 aliphatic heterocycles. The normalized spacial score (nSPS) is 17.2. The molecular formula is C28H26F2N8O. The number of pyridine rings is 1. The van der Waals surface area contributed by atoms with Crippen LogP contribution in [0.4, 0.5) is 14.5 Å². The second kappa shape index (κ2) is 9.23. The SMILES string of the molecule is C[C@@H]1CN(c2ccc(C#N)n3ncc(F)c23)Cc2c3ccc(C4=C(F)CN(CC(=O)N(C)C)C=C4)cc3nn21. The van der Waals surface area contributed by atoms with E-state index >= 15 is 4.39 Å². The minimum Gasteiger partial charge on any atom is -0.362 e. The van der Waals surface area contributed by atoms with Crippen molar-refractivity contribution < 1.29 is 13.6 Å². The van der Waals surface area contributed by atoms with Crippen LogP contribution in [0.15, 0.2) is 54.6 Å². The number of nitriles is 1. The second-order valence-electron chi connectivity index (χ2n) is 10.1. The van der Waals surface area contributed by atoms with Crippen molar-refractivity contribution in [1.82, 2.24) is 29.2 Å². The first kappa shape index (κ1) is 24.6. The maximum Gasteiger partial charge on any atom is 0.241 e. The molecule has 198 valence electrons. The molecule has 1 aromatic carbocycles. The van der Waals surface area contributed by atoms with Gasteiger partial charge in [0.25, 0.3) is 0 Å². The van der Waals surface area contributed by atoms with Gasteiger partial charge in [0.2, 0.25) is 5.91 Å². The minimum absolute atomic E-state index is 0.0143. The average molecular weight is 529 g/mol. The van der Waals surface area contributed by atoms with Crippen LogP contribution in [0, 0.1) is 17.1 Å². The Morgan fingerprint density at radius 1 is 1.21 bits per heavy atom. The van der Waals surface area contributed by atoms with Gasteiger partial charge in [-0.05, 0) is 36.8 Å². The molecule has 1 atom stereocenters. The number of hydrogen-bond acceptors (Lipinski definition) is 6. The Kier molecular flexibility index (Phi) is 5.83. The van der Waals surface area contributed by atoms with Crippen molar-refractivity contribution in [2.75, 3.05) is 38.6 Å². The number of anilines is 1. The van der Waals surface area contributed by atoms with Gasteiger partial charge < -0.3 is 14.7 Å². The van der Waals surface area contributed by atoms with Crippen LogP contribution in [0.3, 0.4) is 0 Å². The average Bonchev–Trinajstić information content (AvgIpc) is 3.49. The van der Waals surface area contributed by atoms with E-state index in [2.05, 4.69) is 16.1 Å². The number of carbonyl (C=O) groups is 1. The summed E-state index contributed by atoms with van der Waals surface area (Å²) in [5, 5.41) is 19.2. The molecule has 0 N–H and O–H groups in total. The summed E-state index contributed by atoms with van der Waals surface area (Å²) in [6.07, 6.45) is 4.57. The Labute approximate surface area is 223 Å². The summed E-state index contributed by atoms with van der Waals surface area (Å²) in [7, 11) is 3.35. The number of nitrogens with zero attached hydrogens (tertiary/aromatic N) is 8. The lowest BCUT2D eigenvalue weighted by Gasteiger charge is -2.34. The first-order chi connectivity index (χ1) is 18.7. The van der Waals surface area contributed by atoms with Crippen molar-refractivity contribution in [2.24, 2.45) is 0 Å². The van der Waals surface area contributed by atoms with Crippen LogP contribution in [0.5, 0.6) is 0 Å². The van der Waals surface area contributed by atoms with Gasteiger partial charge in [0.1, 0.15) is 23.1 Å². The number of rotatable bonds is 4. The quantitative estimate of drug-likeness (QED) is 0.400. The van der Waals surface area contributed by atoms with Crippen LogP contribution < -0.4 is 4.90 Å². The number of carbonyl (C=O) groups excluding carboxylic acids is 1. The summed E-state index contributed by atoms with van der Waals surface area (Å²) in [4.78, 5) is 17.2. The van der Waals surface area contributed by atoms with Gasteiger partial charge in [-0.2, -0.15) is 15.5 Å². The van der Waals surface area contributed by atoms with Gasteiger partial charge in [-0.3, -0.25) is 9.48 Å². The standard InChI is InChI=1S/C28H26F2N8O/c1-17-13-36(25-7-5-19(11-31)38-28(25)22(29)12-32-38)15-26-21-6-4-18(10-24(21)33-37(17)26)20-8-9-35(14-23(20)30)16-27(39)34(2)3/h4-10,12,17H,13-16H2,1-3H3/t17-/m1/s1. The predicted octanol–water partition coefficient (Wildman–Crippen LogP) is 3.87. The Morgan fingerprint density at radius 2 is 2.03 bits per heavy atom. The molecule has 1 amide bonds. The lowest BCUT2D eigenvalue weighted by molar-refractivity contribution is -0.129. The number of amides is 1. The molecule has 0 spiro atoms. The van der Waals surface area contributed by atoms with E-state index in [0.717, 1.165) is 22.8 Å². The summed E-state index contributed by atoms with van der Waals surface area (Å²) < 4.78 is 33.2. The molecule has 0 saturated heterocycles. The fourth-order valence-electron chi connectivity index (χ4n) is 5.33. The molecule has 2 aliphatic rings. The highest BCUT2D eigenvalue weighted by Crippen LogP contribution is 2.35. The van der Waals surface area contributed by atoms with E-state index in [0.29, 0.717) is 29.9 Å². The predicted molar refractivity (Wildman–Crippen MR) is 143 cm³/mol. The summed E-state index contributed by atoms with van der Waals surface area (Å²) in [6, 6.07) is 11.2. The van der Waals surface area contributed by atoms with Crippen molar-refractivity contribution in [3.8, 4) is 6.07 Å². The summed E-state index contributed by atoms with van der Waals surface area (Å²) in [6.45, 7) is 3.26. The van der Waals surface area contributed by atoms with Gasteiger partial charge in [0, 0.05) is 37.8 Å². The number of hydrogen-bond donors (Lipinski definition) is 0. The number of benzene rings is 1. The van der Waals surface area contributed by atoms with Gasteiger partial charge in [0.05, 0.1) is 48.8 Å². The van der Waals surface area contributed by atoms with E-state index in [-0.39, 0.29) is 42.1 Å². The van der Waals surface area contributed by atoms with Crippen molar-refractivity contribution in [2.45, 2.75) is 19.5 Å². The second-order valence-corrected chi connectivity index (χ2v) is 10.1. The molecule has 9 nitrogen and oxygen atoms in total. The van der Waals surface area contributed by atoms with Crippen LogP contribution >= 0.6 is 0 Å². The van der Waals surface area contributed by atoms with Crippen LogP contribution in [-0.2, 0) is 11.3 Å². The molecule has 4 aromatic rings. The third-order valence-corrected chi connectivity index (χ3v) is 7.33. The number of halogens is 2. The Morgan fingerprint density at radius 3 is 2.77 bits per heavy atom. The Balaban J connectivity index is 1.32. The van der Waals surface area contributed by atoms with Crippen LogP contribution in [0.1, 0.15) is 29.9 Å². The molecule has 0 aliphatic carbocycles. The van der Waals surface area contributed by atoms with E-state index in [1.165, 1.54) is 9.42 Å². The fraction of sp³-hybridized carbons (Fsp3) is 0.286. The first-order valence-electron chi connectivity index (χ1n) is 12.6. The topological polar surface area (TPSA) is 85.7 Å². The van der Waals surface area contributed by atoms with Gasteiger partial charge in [-0.25, -0.2) is 13.3 Å². The van der Waals surface area contributed by atoms with Crippen LogP contribution in [-0.4, -0.2) is 68.8 Å². The summed E-state index contributed by atoms with van der Waals surface area (Å²) >= 11 is 0. The van der Waals surface area contributed by atoms with Gasteiger partial charge in [0.15, 0.2) is 5.82 Å². The smallest absolute Gasteiger partial charge is 0.241 e. The van der Waals surface area contributed by atoms with Crippen molar-refractivity contribution in [3.63, 3.8) is 0 Å². The van der Waals surface area contributed by atoms with Gasteiger partial charge in [-0.15, -0.1) is 0 Å². The Bertz CT molecular complexity index is 1740. The lowest BCUT2D eigenvalue weighted by Crippen LogP contribution is -2.36. The number of aromatic nitrogens is 4. The summed E-state index contributed by atoms with van der Waals surface area (Å²) in [5.41, 5.74) is 4.09. The molecule has 0 fully saturated rings. The van der Waals surface area contributed by atoms with E-state index in [1.54, 1.807) is 43.4 Å².